The summed E-state index contributed by atoms with van der Waals surface area (Å²) in [5.41, 5.74) is 6.23. The Bertz CT molecular complexity index is 630. The monoisotopic (exact) mass is 310 g/mol. The molecule has 1 aromatic rings. The van der Waals surface area contributed by atoms with Crippen LogP contribution in [0.2, 0.25) is 0 Å². The van der Waals surface area contributed by atoms with E-state index in [2.05, 4.69) is 0 Å². The number of nitrogen functional groups attached to an aromatic ring is 1. The first-order valence-electron chi connectivity index (χ1n) is 7.49. The number of rotatable bonds is 3. The lowest BCUT2D eigenvalue weighted by Gasteiger charge is -2.36. The number of hydrogen-bond acceptors (Lipinski definition) is 4. The zero-order chi connectivity index (χ0) is 15.0. The highest BCUT2D eigenvalue weighted by molar-refractivity contribution is 7.89. The van der Waals surface area contributed by atoms with Gasteiger partial charge in [0.05, 0.1) is 17.7 Å². The summed E-state index contributed by atoms with van der Waals surface area (Å²) in [6.45, 7) is 0.621. The number of anilines is 1. The van der Waals surface area contributed by atoms with Crippen LogP contribution in [0.5, 0.6) is 5.75 Å². The summed E-state index contributed by atoms with van der Waals surface area (Å²) in [5, 5.41) is 0. The van der Waals surface area contributed by atoms with Crippen molar-refractivity contribution in [2.75, 3.05) is 19.4 Å². The summed E-state index contributed by atoms with van der Waals surface area (Å²) in [6.07, 6.45) is 5.37. The maximum absolute atomic E-state index is 12.9. The van der Waals surface area contributed by atoms with Gasteiger partial charge in [-0.05, 0) is 43.7 Å². The van der Waals surface area contributed by atoms with Gasteiger partial charge in [-0.1, -0.05) is 6.42 Å². The van der Waals surface area contributed by atoms with Crippen LogP contribution in [0.4, 0.5) is 5.69 Å². The maximum atomic E-state index is 12.9. The van der Waals surface area contributed by atoms with Crippen molar-refractivity contribution in [2.24, 2.45) is 5.92 Å². The van der Waals surface area contributed by atoms with Crippen LogP contribution in [0.1, 0.15) is 32.1 Å². The predicted molar refractivity (Wildman–Crippen MR) is 81.7 cm³/mol. The molecule has 1 saturated carbocycles. The highest BCUT2D eigenvalue weighted by Crippen LogP contribution is 2.40. The van der Waals surface area contributed by atoms with Crippen molar-refractivity contribution < 1.29 is 13.2 Å². The van der Waals surface area contributed by atoms with Gasteiger partial charge in [0.1, 0.15) is 5.75 Å². The lowest BCUT2D eigenvalue weighted by atomic mass is 9.94. The first kappa shape index (κ1) is 14.7. The van der Waals surface area contributed by atoms with E-state index in [4.69, 9.17) is 10.5 Å². The molecule has 1 saturated heterocycles. The Morgan fingerprint density at radius 1 is 1.24 bits per heavy atom. The molecule has 2 unspecified atom stereocenters. The minimum Gasteiger partial charge on any atom is -0.495 e. The van der Waals surface area contributed by atoms with Gasteiger partial charge in [0.15, 0.2) is 0 Å². The van der Waals surface area contributed by atoms with Crippen LogP contribution in [0, 0.1) is 5.92 Å². The number of hydrogen-bond donors (Lipinski definition) is 1. The molecule has 0 amide bonds. The molecule has 6 heteroatoms. The second-order valence-electron chi connectivity index (χ2n) is 5.92. The first-order valence-corrected chi connectivity index (χ1v) is 8.93. The van der Waals surface area contributed by atoms with Gasteiger partial charge >= 0.3 is 0 Å². The Labute approximate surface area is 126 Å². The Hall–Kier alpha value is -1.27. The molecule has 21 heavy (non-hydrogen) atoms. The Morgan fingerprint density at radius 3 is 2.76 bits per heavy atom. The fourth-order valence-corrected chi connectivity index (χ4v) is 5.46. The number of nitrogens with zero attached hydrogens (tertiary/aromatic N) is 1. The fourth-order valence-electron chi connectivity index (χ4n) is 3.69. The third-order valence-corrected chi connectivity index (χ3v) is 6.67. The number of fused-ring (bicyclic) bond motifs is 1. The van der Waals surface area contributed by atoms with Gasteiger partial charge in [-0.15, -0.1) is 0 Å². The van der Waals surface area contributed by atoms with E-state index in [1.807, 2.05) is 0 Å². The predicted octanol–water partition coefficient (Wildman–Crippen LogP) is 2.23. The van der Waals surface area contributed by atoms with Gasteiger partial charge in [-0.3, -0.25) is 0 Å². The largest absolute Gasteiger partial charge is 0.495 e. The van der Waals surface area contributed by atoms with Crippen LogP contribution in [0.15, 0.2) is 23.1 Å². The molecule has 1 aliphatic heterocycles. The summed E-state index contributed by atoms with van der Waals surface area (Å²) < 4.78 is 32.7. The summed E-state index contributed by atoms with van der Waals surface area (Å²) in [7, 11) is -1.97. The summed E-state index contributed by atoms with van der Waals surface area (Å²) in [5.74, 6) is 0.945. The second kappa shape index (κ2) is 5.50. The van der Waals surface area contributed by atoms with Crippen molar-refractivity contribution in [3.63, 3.8) is 0 Å². The molecule has 1 heterocycles. The van der Waals surface area contributed by atoms with E-state index in [1.165, 1.54) is 13.2 Å². The molecule has 2 fully saturated rings. The number of benzene rings is 1. The quantitative estimate of drug-likeness (QED) is 0.869. The SMILES string of the molecule is COc1cc(S(=O)(=O)N2CCCC3CCCC32)ccc1N. The standard InChI is InChI=1S/C15H22N2O3S/c1-20-15-10-12(7-8-13(15)16)21(18,19)17-9-3-5-11-4-2-6-14(11)17/h7-8,10-11,14H,2-6,9,16H2,1H3. The first-order chi connectivity index (χ1) is 10.0. The molecule has 1 aromatic carbocycles. The van der Waals surface area contributed by atoms with E-state index in [0.29, 0.717) is 23.9 Å². The molecule has 1 aliphatic carbocycles. The van der Waals surface area contributed by atoms with Crippen LogP contribution < -0.4 is 10.5 Å². The lowest BCUT2D eigenvalue weighted by molar-refractivity contribution is 0.202. The molecular weight excluding hydrogens is 288 g/mol. The molecule has 0 radical (unpaired) electrons. The Kier molecular flexibility index (Phi) is 3.84. The number of piperidine rings is 1. The van der Waals surface area contributed by atoms with Crippen LogP contribution in [-0.4, -0.2) is 32.4 Å². The van der Waals surface area contributed by atoms with Crippen molar-refractivity contribution in [1.82, 2.24) is 4.31 Å². The van der Waals surface area contributed by atoms with Gasteiger partial charge in [-0.2, -0.15) is 4.31 Å². The van der Waals surface area contributed by atoms with E-state index < -0.39 is 10.0 Å². The summed E-state index contributed by atoms with van der Waals surface area (Å²) >= 11 is 0. The zero-order valence-corrected chi connectivity index (χ0v) is 13.1. The average Bonchev–Trinajstić information content (AvgIpc) is 2.95. The summed E-state index contributed by atoms with van der Waals surface area (Å²) in [4.78, 5) is 0.279. The molecule has 0 spiro atoms. The van der Waals surface area contributed by atoms with E-state index in [0.717, 1.165) is 32.1 Å². The minimum atomic E-state index is -3.47. The van der Waals surface area contributed by atoms with E-state index in [9.17, 15) is 8.42 Å². The molecule has 3 rings (SSSR count). The molecule has 0 aromatic heterocycles. The highest BCUT2D eigenvalue weighted by atomic mass is 32.2. The molecule has 2 N–H and O–H groups in total. The molecule has 116 valence electrons. The molecular formula is C15H22N2O3S. The lowest BCUT2D eigenvalue weighted by Crippen LogP contribution is -2.46. The fraction of sp³-hybridized carbons (Fsp3) is 0.600. The van der Waals surface area contributed by atoms with Crippen molar-refractivity contribution in [3.05, 3.63) is 18.2 Å². The molecule has 0 bridgehead atoms. The number of nitrogens with two attached hydrogens (primary N) is 1. The van der Waals surface area contributed by atoms with Crippen LogP contribution in [0.3, 0.4) is 0 Å². The summed E-state index contributed by atoms with van der Waals surface area (Å²) in [6, 6.07) is 4.88. The molecule has 5 nitrogen and oxygen atoms in total. The molecule has 2 aliphatic rings. The smallest absolute Gasteiger partial charge is 0.243 e. The van der Waals surface area contributed by atoms with E-state index >= 15 is 0 Å². The minimum absolute atomic E-state index is 0.173. The second-order valence-corrected chi connectivity index (χ2v) is 7.81. The normalized spacial score (nSPS) is 26.5. The maximum Gasteiger partial charge on any atom is 0.243 e. The number of ether oxygens (including phenoxy) is 1. The van der Waals surface area contributed by atoms with E-state index in [-0.39, 0.29) is 10.9 Å². The number of sulfonamides is 1. The Morgan fingerprint density at radius 2 is 2.00 bits per heavy atom. The third-order valence-electron chi connectivity index (χ3n) is 4.75. The van der Waals surface area contributed by atoms with Crippen molar-refractivity contribution in [2.45, 2.75) is 43.0 Å². The third kappa shape index (κ3) is 2.51. The van der Waals surface area contributed by atoms with Crippen molar-refractivity contribution in [3.8, 4) is 5.75 Å². The topological polar surface area (TPSA) is 72.6 Å². The van der Waals surface area contributed by atoms with Crippen molar-refractivity contribution >= 4 is 15.7 Å². The van der Waals surface area contributed by atoms with Crippen LogP contribution in [0.25, 0.3) is 0 Å². The average molecular weight is 310 g/mol. The van der Waals surface area contributed by atoms with Gasteiger partial charge in [-0.25, -0.2) is 8.42 Å². The number of methoxy groups -OCH3 is 1. The van der Waals surface area contributed by atoms with Gasteiger partial charge < -0.3 is 10.5 Å². The van der Waals surface area contributed by atoms with E-state index in [1.54, 1.807) is 16.4 Å². The van der Waals surface area contributed by atoms with Gasteiger partial charge in [0.25, 0.3) is 0 Å². The zero-order valence-electron chi connectivity index (χ0n) is 12.3. The van der Waals surface area contributed by atoms with Gasteiger partial charge in [0, 0.05) is 18.7 Å². The van der Waals surface area contributed by atoms with Crippen LogP contribution in [-0.2, 0) is 10.0 Å². The van der Waals surface area contributed by atoms with Crippen molar-refractivity contribution in [1.29, 1.82) is 0 Å². The molecule has 2 atom stereocenters. The van der Waals surface area contributed by atoms with Gasteiger partial charge in [0.2, 0.25) is 10.0 Å². The Balaban J connectivity index is 1.96. The highest BCUT2D eigenvalue weighted by Gasteiger charge is 2.41. The van der Waals surface area contributed by atoms with Crippen LogP contribution >= 0.6 is 0 Å².